The van der Waals surface area contributed by atoms with Crippen LogP contribution in [0.5, 0.6) is 0 Å². The van der Waals surface area contributed by atoms with Crippen molar-refractivity contribution < 1.29 is 18.3 Å². The molecular formula is C11H14ClF3N4O. The molecule has 0 aliphatic carbocycles. The average molecular weight is 311 g/mol. The van der Waals surface area contributed by atoms with Crippen LogP contribution in [0.15, 0.2) is 6.33 Å². The molecule has 1 aliphatic heterocycles. The number of alkyl halides is 3. The molecule has 1 aromatic heterocycles. The largest absolute Gasteiger partial charge is 0.401 e. The molecule has 1 N–H and O–H groups in total. The molecule has 0 atom stereocenters. The number of anilines is 1. The molecule has 2 heterocycles. The van der Waals surface area contributed by atoms with Crippen molar-refractivity contribution in [3.8, 4) is 0 Å². The number of aliphatic hydroxyl groups excluding tert-OH is 1. The van der Waals surface area contributed by atoms with E-state index in [0.29, 0.717) is 24.5 Å². The first-order chi connectivity index (χ1) is 9.40. The van der Waals surface area contributed by atoms with Gasteiger partial charge in [-0.1, -0.05) is 11.6 Å². The van der Waals surface area contributed by atoms with Crippen LogP contribution in [0.4, 0.5) is 19.0 Å². The standard InChI is InChI=1S/C11H14ClF3N4O/c12-9-8(5-20)10(17-7-16-9)19-3-1-18(2-4-19)6-11(13,14)15/h7,20H,1-6H2. The molecule has 0 radical (unpaired) electrons. The molecule has 2 rings (SSSR count). The maximum Gasteiger partial charge on any atom is 0.401 e. The van der Waals surface area contributed by atoms with Crippen molar-refractivity contribution in [3.63, 3.8) is 0 Å². The summed E-state index contributed by atoms with van der Waals surface area (Å²) in [6, 6.07) is 0. The number of hydrogen-bond donors (Lipinski definition) is 1. The van der Waals surface area contributed by atoms with E-state index in [2.05, 4.69) is 9.97 Å². The quantitative estimate of drug-likeness (QED) is 0.853. The Balaban J connectivity index is 2.02. The molecule has 0 amide bonds. The molecule has 1 aromatic rings. The van der Waals surface area contributed by atoms with Crippen LogP contribution < -0.4 is 4.90 Å². The van der Waals surface area contributed by atoms with Crippen LogP contribution in [0.1, 0.15) is 5.56 Å². The lowest BCUT2D eigenvalue weighted by Gasteiger charge is -2.36. The minimum Gasteiger partial charge on any atom is -0.391 e. The van der Waals surface area contributed by atoms with Gasteiger partial charge >= 0.3 is 6.18 Å². The predicted molar refractivity (Wildman–Crippen MR) is 67.7 cm³/mol. The van der Waals surface area contributed by atoms with E-state index in [4.69, 9.17) is 11.6 Å². The van der Waals surface area contributed by atoms with Gasteiger partial charge in [0, 0.05) is 26.2 Å². The second-order valence-corrected chi connectivity index (χ2v) is 4.86. The van der Waals surface area contributed by atoms with Crippen molar-refractivity contribution in [1.29, 1.82) is 0 Å². The molecule has 0 unspecified atom stereocenters. The Hall–Kier alpha value is -1.12. The van der Waals surface area contributed by atoms with E-state index in [-0.39, 0.29) is 24.8 Å². The topological polar surface area (TPSA) is 52.5 Å². The Morgan fingerprint density at radius 3 is 2.40 bits per heavy atom. The monoisotopic (exact) mass is 310 g/mol. The first kappa shape index (κ1) is 15.3. The molecular weight excluding hydrogens is 297 g/mol. The van der Waals surface area contributed by atoms with Crippen molar-refractivity contribution in [1.82, 2.24) is 14.9 Å². The fourth-order valence-corrected chi connectivity index (χ4v) is 2.35. The Morgan fingerprint density at radius 1 is 1.20 bits per heavy atom. The zero-order valence-electron chi connectivity index (χ0n) is 10.6. The maximum absolute atomic E-state index is 12.3. The zero-order chi connectivity index (χ0) is 14.8. The van der Waals surface area contributed by atoms with Crippen molar-refractivity contribution in [2.75, 3.05) is 37.6 Å². The van der Waals surface area contributed by atoms with Crippen LogP contribution in [0.25, 0.3) is 0 Å². The second kappa shape index (κ2) is 6.11. The molecule has 0 spiro atoms. The van der Waals surface area contributed by atoms with Gasteiger partial charge in [-0.3, -0.25) is 4.90 Å². The highest BCUT2D eigenvalue weighted by atomic mass is 35.5. The van der Waals surface area contributed by atoms with Gasteiger partial charge in [-0.05, 0) is 0 Å². The van der Waals surface area contributed by atoms with E-state index in [1.807, 2.05) is 4.90 Å². The number of aliphatic hydroxyl groups is 1. The Labute approximate surface area is 119 Å². The number of rotatable bonds is 3. The van der Waals surface area contributed by atoms with E-state index in [1.165, 1.54) is 11.2 Å². The molecule has 112 valence electrons. The second-order valence-electron chi connectivity index (χ2n) is 4.50. The molecule has 9 heteroatoms. The summed E-state index contributed by atoms with van der Waals surface area (Å²) in [5.41, 5.74) is 0.401. The molecule has 0 aromatic carbocycles. The third-order valence-corrected chi connectivity index (χ3v) is 3.43. The van der Waals surface area contributed by atoms with E-state index < -0.39 is 12.7 Å². The molecule has 0 bridgehead atoms. The number of hydrogen-bond acceptors (Lipinski definition) is 5. The zero-order valence-corrected chi connectivity index (χ0v) is 11.3. The highest BCUT2D eigenvalue weighted by Crippen LogP contribution is 2.25. The molecule has 1 fully saturated rings. The molecule has 1 aliphatic rings. The van der Waals surface area contributed by atoms with Gasteiger partial charge in [0.05, 0.1) is 18.7 Å². The van der Waals surface area contributed by atoms with E-state index >= 15 is 0 Å². The highest BCUT2D eigenvalue weighted by Gasteiger charge is 2.32. The van der Waals surface area contributed by atoms with Gasteiger partial charge in [0.1, 0.15) is 17.3 Å². The van der Waals surface area contributed by atoms with Crippen LogP contribution in [0, 0.1) is 0 Å². The van der Waals surface area contributed by atoms with Crippen LogP contribution >= 0.6 is 11.6 Å². The highest BCUT2D eigenvalue weighted by molar-refractivity contribution is 6.30. The number of aromatic nitrogens is 2. The summed E-state index contributed by atoms with van der Waals surface area (Å²) in [5, 5.41) is 9.45. The maximum atomic E-state index is 12.3. The fourth-order valence-electron chi connectivity index (χ4n) is 2.16. The van der Waals surface area contributed by atoms with Gasteiger partial charge in [-0.15, -0.1) is 0 Å². The Bertz CT molecular complexity index is 463. The van der Waals surface area contributed by atoms with Gasteiger partial charge in [0.2, 0.25) is 0 Å². The van der Waals surface area contributed by atoms with Crippen LogP contribution in [-0.2, 0) is 6.61 Å². The minimum atomic E-state index is -4.18. The van der Waals surface area contributed by atoms with Crippen LogP contribution in [0.2, 0.25) is 5.15 Å². The Morgan fingerprint density at radius 2 is 1.85 bits per heavy atom. The normalized spacial score (nSPS) is 17.6. The van der Waals surface area contributed by atoms with Crippen molar-refractivity contribution >= 4 is 17.4 Å². The summed E-state index contributed by atoms with van der Waals surface area (Å²) in [6.45, 7) is 0.154. The molecule has 20 heavy (non-hydrogen) atoms. The van der Waals surface area contributed by atoms with Crippen LogP contribution in [0.3, 0.4) is 0 Å². The lowest BCUT2D eigenvalue weighted by molar-refractivity contribution is -0.146. The minimum absolute atomic E-state index is 0.162. The summed E-state index contributed by atoms with van der Waals surface area (Å²) in [6.07, 6.45) is -2.91. The summed E-state index contributed by atoms with van der Waals surface area (Å²) < 4.78 is 36.9. The summed E-state index contributed by atoms with van der Waals surface area (Å²) in [4.78, 5) is 11.0. The number of nitrogens with zero attached hydrogens (tertiary/aromatic N) is 4. The van der Waals surface area contributed by atoms with E-state index in [1.54, 1.807) is 0 Å². The average Bonchev–Trinajstić information content (AvgIpc) is 2.37. The SMILES string of the molecule is OCc1c(Cl)ncnc1N1CCN(CC(F)(F)F)CC1. The van der Waals surface area contributed by atoms with Gasteiger partial charge in [-0.25, -0.2) is 9.97 Å². The van der Waals surface area contributed by atoms with Crippen molar-refractivity contribution in [3.05, 3.63) is 17.0 Å². The predicted octanol–water partition coefficient (Wildman–Crippen LogP) is 1.31. The third-order valence-electron chi connectivity index (χ3n) is 3.10. The van der Waals surface area contributed by atoms with Crippen molar-refractivity contribution in [2.24, 2.45) is 0 Å². The molecule has 1 saturated heterocycles. The number of piperazine rings is 1. The first-order valence-corrected chi connectivity index (χ1v) is 6.43. The number of halogens is 4. The van der Waals surface area contributed by atoms with Gasteiger partial charge in [0.25, 0.3) is 0 Å². The van der Waals surface area contributed by atoms with Gasteiger partial charge < -0.3 is 10.0 Å². The Kier molecular flexibility index (Phi) is 4.66. The molecule has 5 nitrogen and oxygen atoms in total. The smallest absolute Gasteiger partial charge is 0.391 e. The summed E-state index contributed by atoms with van der Waals surface area (Å²) in [5.74, 6) is 0.485. The fraction of sp³-hybridized carbons (Fsp3) is 0.636. The summed E-state index contributed by atoms with van der Waals surface area (Å²) in [7, 11) is 0. The first-order valence-electron chi connectivity index (χ1n) is 6.05. The third kappa shape index (κ3) is 3.71. The lowest BCUT2D eigenvalue weighted by Crippen LogP contribution is -2.49. The van der Waals surface area contributed by atoms with E-state index in [9.17, 15) is 18.3 Å². The molecule has 0 saturated carbocycles. The van der Waals surface area contributed by atoms with E-state index in [0.717, 1.165) is 0 Å². The lowest BCUT2D eigenvalue weighted by atomic mass is 10.2. The van der Waals surface area contributed by atoms with Gasteiger partial charge in [-0.2, -0.15) is 13.2 Å². The van der Waals surface area contributed by atoms with Crippen LogP contribution in [-0.4, -0.2) is 58.9 Å². The van der Waals surface area contributed by atoms with Crippen molar-refractivity contribution in [2.45, 2.75) is 12.8 Å². The summed E-state index contributed by atoms with van der Waals surface area (Å²) >= 11 is 5.87. The van der Waals surface area contributed by atoms with Gasteiger partial charge in [0.15, 0.2) is 0 Å².